The molecule has 1 aromatic heterocycles. The summed E-state index contributed by atoms with van der Waals surface area (Å²) in [6, 6.07) is 14.9. The van der Waals surface area contributed by atoms with Gasteiger partial charge in [-0.3, -0.25) is 14.5 Å². The van der Waals surface area contributed by atoms with E-state index in [2.05, 4.69) is 6.07 Å². The number of rotatable bonds is 8. The molecule has 2 amide bonds. The van der Waals surface area contributed by atoms with Gasteiger partial charge in [0.2, 0.25) is 5.91 Å². The van der Waals surface area contributed by atoms with Gasteiger partial charge in [0, 0.05) is 31.3 Å². The van der Waals surface area contributed by atoms with E-state index in [0.717, 1.165) is 5.69 Å². The van der Waals surface area contributed by atoms with Crippen LogP contribution >= 0.6 is 24.0 Å². The standard InChI is InChI=1S/C21H19N3O3S2/c22-11-6-13-23(16-7-2-1-3-8-16)19(25)10-4-12-24-20(26)18(29-21(24)28)15-17-9-5-14-27-17/h1-3,5,7-9,14-15H,4,6,10,12-13H2/b18-15+. The van der Waals surface area contributed by atoms with E-state index >= 15 is 0 Å². The van der Waals surface area contributed by atoms with E-state index in [1.807, 2.05) is 30.3 Å². The van der Waals surface area contributed by atoms with Crippen molar-refractivity contribution in [3.8, 4) is 6.07 Å². The third-order valence-electron chi connectivity index (χ3n) is 4.28. The molecule has 0 bridgehead atoms. The lowest BCUT2D eigenvalue weighted by atomic mass is 10.2. The molecule has 0 spiro atoms. The van der Waals surface area contributed by atoms with Crippen LogP contribution in [-0.4, -0.2) is 34.1 Å². The molecule has 8 heteroatoms. The number of thiocarbonyl (C=S) groups is 1. The fraction of sp³-hybridized carbons (Fsp3) is 0.238. The van der Waals surface area contributed by atoms with Crippen molar-refractivity contribution in [3.63, 3.8) is 0 Å². The molecular weight excluding hydrogens is 406 g/mol. The van der Waals surface area contributed by atoms with Crippen LogP contribution in [0.1, 0.15) is 25.0 Å². The van der Waals surface area contributed by atoms with Gasteiger partial charge >= 0.3 is 0 Å². The largest absolute Gasteiger partial charge is 0.465 e. The molecule has 0 N–H and O–H groups in total. The monoisotopic (exact) mass is 425 g/mol. The summed E-state index contributed by atoms with van der Waals surface area (Å²) in [5.74, 6) is 0.341. The predicted octanol–water partition coefficient (Wildman–Crippen LogP) is 4.21. The van der Waals surface area contributed by atoms with Gasteiger partial charge in [-0.25, -0.2) is 0 Å². The molecule has 29 heavy (non-hydrogen) atoms. The number of nitrogens with zero attached hydrogens (tertiary/aromatic N) is 3. The highest BCUT2D eigenvalue weighted by Gasteiger charge is 2.32. The van der Waals surface area contributed by atoms with Crippen LogP contribution in [0.3, 0.4) is 0 Å². The number of hydrogen-bond acceptors (Lipinski definition) is 6. The van der Waals surface area contributed by atoms with E-state index in [0.29, 0.717) is 34.5 Å². The van der Waals surface area contributed by atoms with Gasteiger partial charge in [0.15, 0.2) is 0 Å². The predicted molar refractivity (Wildman–Crippen MR) is 117 cm³/mol. The van der Waals surface area contributed by atoms with E-state index in [1.165, 1.54) is 16.7 Å². The van der Waals surface area contributed by atoms with Crippen molar-refractivity contribution in [1.29, 1.82) is 5.26 Å². The number of benzene rings is 1. The molecule has 0 atom stereocenters. The second kappa shape index (κ2) is 10.0. The van der Waals surface area contributed by atoms with Gasteiger partial charge in [-0.1, -0.05) is 42.2 Å². The highest BCUT2D eigenvalue weighted by molar-refractivity contribution is 8.26. The Kier molecular flexibility index (Phi) is 7.22. The molecule has 6 nitrogen and oxygen atoms in total. The second-order valence-corrected chi connectivity index (χ2v) is 7.92. The van der Waals surface area contributed by atoms with Gasteiger partial charge < -0.3 is 9.32 Å². The average Bonchev–Trinajstić information content (AvgIpc) is 3.33. The minimum Gasteiger partial charge on any atom is -0.465 e. The molecule has 1 fully saturated rings. The van der Waals surface area contributed by atoms with Crippen LogP contribution in [0.15, 0.2) is 58.1 Å². The number of hydrogen-bond donors (Lipinski definition) is 0. The first kappa shape index (κ1) is 20.8. The number of carbonyl (C=O) groups is 2. The molecule has 0 saturated carbocycles. The van der Waals surface area contributed by atoms with Crippen LogP contribution in [0.25, 0.3) is 6.08 Å². The Morgan fingerprint density at radius 3 is 2.76 bits per heavy atom. The lowest BCUT2D eigenvalue weighted by Gasteiger charge is -2.22. The summed E-state index contributed by atoms with van der Waals surface area (Å²) in [5, 5.41) is 8.88. The lowest BCUT2D eigenvalue weighted by Crippen LogP contribution is -2.33. The highest BCUT2D eigenvalue weighted by Crippen LogP contribution is 2.32. The maximum absolute atomic E-state index is 12.7. The van der Waals surface area contributed by atoms with Gasteiger partial charge in [-0.2, -0.15) is 5.26 Å². The number of thioether (sulfide) groups is 1. The number of para-hydroxylation sites is 1. The smallest absolute Gasteiger partial charge is 0.266 e. The normalized spacial score (nSPS) is 15.0. The Morgan fingerprint density at radius 2 is 2.07 bits per heavy atom. The van der Waals surface area contributed by atoms with Crippen molar-refractivity contribution in [2.45, 2.75) is 19.3 Å². The highest BCUT2D eigenvalue weighted by atomic mass is 32.2. The van der Waals surface area contributed by atoms with Crippen molar-refractivity contribution < 1.29 is 14.0 Å². The van der Waals surface area contributed by atoms with E-state index in [9.17, 15) is 9.59 Å². The second-order valence-electron chi connectivity index (χ2n) is 6.24. The lowest BCUT2D eigenvalue weighted by molar-refractivity contribution is -0.123. The molecule has 1 saturated heterocycles. The number of anilines is 1. The molecule has 2 aromatic rings. The zero-order valence-electron chi connectivity index (χ0n) is 15.6. The van der Waals surface area contributed by atoms with Crippen molar-refractivity contribution in [2.75, 3.05) is 18.0 Å². The molecule has 1 aromatic carbocycles. The molecule has 1 aliphatic heterocycles. The summed E-state index contributed by atoms with van der Waals surface area (Å²) in [6.07, 6.45) is 4.21. The molecular formula is C21H19N3O3S2. The minimum absolute atomic E-state index is 0.0805. The Morgan fingerprint density at radius 1 is 1.28 bits per heavy atom. The zero-order valence-corrected chi connectivity index (χ0v) is 17.2. The van der Waals surface area contributed by atoms with Gasteiger partial charge in [0.05, 0.1) is 23.7 Å². The summed E-state index contributed by atoms with van der Waals surface area (Å²) < 4.78 is 5.73. The van der Waals surface area contributed by atoms with Crippen LogP contribution in [-0.2, 0) is 9.59 Å². The molecule has 1 aliphatic rings. The Hall–Kier alpha value is -2.89. The van der Waals surface area contributed by atoms with Crippen LogP contribution in [0.5, 0.6) is 0 Å². The quantitative estimate of drug-likeness (QED) is 0.466. The molecule has 0 unspecified atom stereocenters. The van der Waals surface area contributed by atoms with Crippen LogP contribution in [0.4, 0.5) is 5.69 Å². The maximum Gasteiger partial charge on any atom is 0.266 e. The molecule has 0 radical (unpaired) electrons. The SMILES string of the molecule is N#CCCN(C(=O)CCCN1C(=O)/C(=C\c2ccco2)SC1=S)c1ccccc1. The van der Waals surface area contributed by atoms with Crippen molar-refractivity contribution >= 4 is 51.9 Å². The first-order valence-electron chi connectivity index (χ1n) is 9.11. The fourth-order valence-corrected chi connectivity index (χ4v) is 4.17. The van der Waals surface area contributed by atoms with Gasteiger partial charge in [0.25, 0.3) is 5.91 Å². The third kappa shape index (κ3) is 5.34. The average molecular weight is 426 g/mol. The van der Waals surface area contributed by atoms with Crippen LogP contribution in [0.2, 0.25) is 0 Å². The van der Waals surface area contributed by atoms with Gasteiger partial charge in [-0.15, -0.1) is 0 Å². The zero-order chi connectivity index (χ0) is 20.6. The van der Waals surface area contributed by atoms with E-state index < -0.39 is 0 Å². The maximum atomic E-state index is 12.7. The first-order valence-corrected chi connectivity index (χ1v) is 10.3. The van der Waals surface area contributed by atoms with E-state index in [4.69, 9.17) is 21.9 Å². The minimum atomic E-state index is -0.173. The summed E-state index contributed by atoms with van der Waals surface area (Å²) in [5.41, 5.74) is 0.764. The Labute approximate surface area is 178 Å². The van der Waals surface area contributed by atoms with Gasteiger partial charge in [-0.05, 0) is 30.7 Å². The summed E-state index contributed by atoms with van der Waals surface area (Å²) >= 11 is 6.55. The Bertz CT molecular complexity index is 949. The number of furan rings is 1. The van der Waals surface area contributed by atoms with E-state index in [1.54, 1.807) is 29.4 Å². The van der Waals surface area contributed by atoms with Crippen molar-refractivity contribution in [2.24, 2.45) is 0 Å². The van der Waals surface area contributed by atoms with Crippen molar-refractivity contribution in [3.05, 3.63) is 59.4 Å². The van der Waals surface area contributed by atoms with Crippen molar-refractivity contribution in [1.82, 2.24) is 4.90 Å². The first-order chi connectivity index (χ1) is 14.1. The number of carbonyl (C=O) groups excluding carboxylic acids is 2. The van der Waals surface area contributed by atoms with Crippen LogP contribution in [0, 0.1) is 11.3 Å². The van der Waals surface area contributed by atoms with E-state index in [-0.39, 0.29) is 24.7 Å². The summed E-state index contributed by atoms with van der Waals surface area (Å²) in [4.78, 5) is 28.9. The Balaban J connectivity index is 1.58. The number of amides is 2. The molecule has 2 heterocycles. The molecule has 0 aliphatic carbocycles. The molecule has 3 rings (SSSR count). The topological polar surface area (TPSA) is 77.5 Å². The molecule has 148 valence electrons. The summed E-state index contributed by atoms with van der Waals surface area (Å²) in [6.45, 7) is 0.707. The van der Waals surface area contributed by atoms with Crippen LogP contribution < -0.4 is 4.90 Å². The number of nitriles is 1. The fourth-order valence-electron chi connectivity index (χ4n) is 2.89. The van der Waals surface area contributed by atoms with Gasteiger partial charge in [0.1, 0.15) is 10.1 Å². The summed E-state index contributed by atoms with van der Waals surface area (Å²) in [7, 11) is 0. The third-order valence-corrected chi connectivity index (χ3v) is 5.66.